The molecule has 0 aromatic heterocycles. The Bertz CT molecular complexity index is 584. The van der Waals surface area contributed by atoms with Crippen molar-refractivity contribution in [1.29, 1.82) is 0 Å². The van der Waals surface area contributed by atoms with Crippen molar-refractivity contribution in [3.8, 4) is 0 Å². The Morgan fingerprint density at radius 3 is 2.50 bits per heavy atom. The van der Waals surface area contributed by atoms with Crippen LogP contribution < -0.4 is 0 Å². The molecule has 1 heteroatoms. The zero-order valence-corrected chi connectivity index (χ0v) is 12.1. The maximum absolute atomic E-state index is 11.0. The number of fused-ring (bicyclic) bond motifs is 1. The Morgan fingerprint density at radius 1 is 0.950 bits per heavy atom. The van der Waals surface area contributed by atoms with Crippen molar-refractivity contribution in [2.45, 2.75) is 44.6 Å². The molecule has 104 valence electrons. The molecule has 0 unspecified atom stereocenters. The second kappa shape index (κ2) is 5.41. The third-order valence-electron chi connectivity index (χ3n) is 4.37. The minimum absolute atomic E-state index is 0.671. The summed E-state index contributed by atoms with van der Waals surface area (Å²) in [6, 6.07) is 16.7. The van der Waals surface area contributed by atoms with Gasteiger partial charge in [-0.3, -0.25) is 0 Å². The third kappa shape index (κ3) is 2.64. The van der Waals surface area contributed by atoms with Gasteiger partial charge in [0.1, 0.15) is 0 Å². The lowest BCUT2D eigenvalue weighted by atomic mass is 9.80. The lowest BCUT2D eigenvalue weighted by Crippen LogP contribution is -2.27. The van der Waals surface area contributed by atoms with Crippen molar-refractivity contribution in [2.75, 3.05) is 0 Å². The molecule has 1 atom stereocenters. The highest BCUT2D eigenvalue weighted by atomic mass is 16.3. The quantitative estimate of drug-likeness (QED) is 0.889. The molecule has 0 heterocycles. The molecule has 0 amide bonds. The zero-order valence-electron chi connectivity index (χ0n) is 12.1. The number of benzene rings is 2. The van der Waals surface area contributed by atoms with E-state index >= 15 is 0 Å². The molecule has 2 aromatic carbocycles. The summed E-state index contributed by atoms with van der Waals surface area (Å²) in [5, 5.41) is 11.0. The molecule has 0 fully saturated rings. The number of aryl methyl sites for hydroxylation is 1. The van der Waals surface area contributed by atoms with E-state index in [4.69, 9.17) is 0 Å². The van der Waals surface area contributed by atoms with Gasteiger partial charge in [0.25, 0.3) is 0 Å². The molecule has 2 aromatic rings. The molecule has 20 heavy (non-hydrogen) atoms. The monoisotopic (exact) mass is 266 g/mol. The molecule has 0 bridgehead atoms. The fraction of sp³-hybridized carbons (Fsp3) is 0.368. The van der Waals surface area contributed by atoms with Crippen LogP contribution in [0, 0.1) is 0 Å². The van der Waals surface area contributed by atoms with Gasteiger partial charge in [-0.05, 0) is 54.9 Å². The molecule has 0 spiro atoms. The van der Waals surface area contributed by atoms with E-state index in [0.29, 0.717) is 6.42 Å². The molecular weight excluding hydrogens is 244 g/mol. The van der Waals surface area contributed by atoms with Crippen LogP contribution in [-0.4, -0.2) is 5.11 Å². The first-order valence-electron chi connectivity index (χ1n) is 7.54. The van der Waals surface area contributed by atoms with Crippen LogP contribution in [0.25, 0.3) is 0 Å². The van der Waals surface area contributed by atoms with Gasteiger partial charge in [0.2, 0.25) is 0 Å². The summed E-state index contributed by atoms with van der Waals surface area (Å²) in [7, 11) is 0. The maximum Gasteiger partial charge on any atom is 0.0911 e. The Hall–Kier alpha value is -1.60. The van der Waals surface area contributed by atoms with Gasteiger partial charge in [0.15, 0.2) is 0 Å². The van der Waals surface area contributed by atoms with Crippen molar-refractivity contribution in [3.05, 3.63) is 70.8 Å². The van der Waals surface area contributed by atoms with E-state index in [1.54, 1.807) is 0 Å². The predicted molar refractivity (Wildman–Crippen MR) is 82.8 cm³/mol. The van der Waals surface area contributed by atoms with Crippen LogP contribution in [0.3, 0.4) is 0 Å². The fourth-order valence-electron chi connectivity index (χ4n) is 3.37. The average molecular weight is 266 g/mol. The van der Waals surface area contributed by atoms with Crippen LogP contribution in [0.5, 0.6) is 0 Å². The van der Waals surface area contributed by atoms with E-state index in [-0.39, 0.29) is 0 Å². The molecule has 0 saturated carbocycles. The van der Waals surface area contributed by atoms with Gasteiger partial charge in [-0.1, -0.05) is 48.5 Å². The largest absolute Gasteiger partial charge is 0.385 e. The van der Waals surface area contributed by atoms with Crippen molar-refractivity contribution in [2.24, 2.45) is 0 Å². The first-order valence-corrected chi connectivity index (χ1v) is 7.54. The number of hydrogen-bond acceptors (Lipinski definition) is 1. The van der Waals surface area contributed by atoms with Crippen molar-refractivity contribution in [1.82, 2.24) is 0 Å². The van der Waals surface area contributed by atoms with E-state index < -0.39 is 5.60 Å². The fourth-order valence-corrected chi connectivity index (χ4v) is 3.37. The molecule has 0 saturated heterocycles. The highest BCUT2D eigenvalue weighted by Gasteiger charge is 2.28. The summed E-state index contributed by atoms with van der Waals surface area (Å²) in [5.41, 5.74) is 4.34. The van der Waals surface area contributed by atoms with Gasteiger partial charge in [0.05, 0.1) is 5.60 Å². The maximum atomic E-state index is 11.0. The topological polar surface area (TPSA) is 20.2 Å². The molecule has 0 aliphatic heterocycles. The molecule has 0 radical (unpaired) electrons. The number of rotatable bonds is 3. The molecular formula is C19H22O. The Morgan fingerprint density at radius 2 is 1.70 bits per heavy atom. The summed E-state index contributed by atoms with van der Waals surface area (Å²) >= 11 is 0. The minimum Gasteiger partial charge on any atom is -0.385 e. The minimum atomic E-state index is -0.788. The normalized spacial score (nSPS) is 17.3. The Labute approximate surface area is 121 Å². The third-order valence-corrected chi connectivity index (χ3v) is 4.37. The number of hydrogen-bond donors (Lipinski definition) is 1. The lowest BCUT2D eigenvalue weighted by Gasteiger charge is -2.29. The van der Waals surface area contributed by atoms with Crippen LogP contribution in [-0.2, 0) is 24.9 Å². The van der Waals surface area contributed by atoms with Gasteiger partial charge in [-0.15, -0.1) is 0 Å². The smallest absolute Gasteiger partial charge is 0.0911 e. The lowest BCUT2D eigenvalue weighted by molar-refractivity contribution is 0.0564. The highest BCUT2D eigenvalue weighted by Crippen LogP contribution is 2.33. The molecule has 3 rings (SSSR count). The summed E-state index contributed by atoms with van der Waals surface area (Å²) in [6.45, 7) is 1.95. The van der Waals surface area contributed by atoms with E-state index in [2.05, 4.69) is 30.3 Å². The summed E-state index contributed by atoms with van der Waals surface area (Å²) in [4.78, 5) is 0. The number of aliphatic hydroxyl groups is 1. The van der Waals surface area contributed by atoms with Crippen LogP contribution in [0.15, 0.2) is 48.5 Å². The molecule has 1 aliphatic rings. The summed E-state index contributed by atoms with van der Waals surface area (Å²) in [6.07, 6.45) is 5.45. The zero-order chi connectivity index (χ0) is 14.0. The SMILES string of the molecule is C[C@@](O)(Cc1ccccc1)c1cccc2c1CCCC2. The van der Waals surface area contributed by atoms with E-state index in [9.17, 15) is 5.11 Å². The summed E-state index contributed by atoms with van der Waals surface area (Å²) in [5.74, 6) is 0. The van der Waals surface area contributed by atoms with Crippen LogP contribution in [0.1, 0.15) is 42.0 Å². The van der Waals surface area contributed by atoms with Gasteiger partial charge < -0.3 is 5.11 Å². The van der Waals surface area contributed by atoms with Gasteiger partial charge in [0, 0.05) is 6.42 Å². The van der Waals surface area contributed by atoms with E-state index in [1.165, 1.54) is 29.5 Å². The highest BCUT2D eigenvalue weighted by molar-refractivity contribution is 5.41. The Kier molecular flexibility index (Phi) is 3.62. The molecule has 1 N–H and O–H groups in total. The average Bonchev–Trinajstić information content (AvgIpc) is 2.47. The van der Waals surface area contributed by atoms with Crippen molar-refractivity contribution in [3.63, 3.8) is 0 Å². The first kappa shape index (κ1) is 13.4. The van der Waals surface area contributed by atoms with E-state index in [0.717, 1.165) is 18.4 Å². The van der Waals surface area contributed by atoms with Crippen LogP contribution in [0.4, 0.5) is 0 Å². The van der Waals surface area contributed by atoms with Gasteiger partial charge in [-0.25, -0.2) is 0 Å². The molecule has 1 nitrogen and oxygen atoms in total. The van der Waals surface area contributed by atoms with Crippen molar-refractivity contribution >= 4 is 0 Å². The molecule has 1 aliphatic carbocycles. The standard InChI is InChI=1S/C19H22O/c1-19(20,14-15-8-3-2-4-9-15)18-13-7-11-16-10-5-6-12-17(16)18/h2-4,7-9,11,13,20H,5-6,10,12,14H2,1H3/t19-/m1/s1. The first-order chi connectivity index (χ1) is 9.67. The van der Waals surface area contributed by atoms with Gasteiger partial charge in [-0.2, -0.15) is 0 Å². The van der Waals surface area contributed by atoms with Crippen LogP contribution >= 0.6 is 0 Å². The Balaban J connectivity index is 1.95. The summed E-state index contributed by atoms with van der Waals surface area (Å²) < 4.78 is 0. The van der Waals surface area contributed by atoms with Crippen molar-refractivity contribution < 1.29 is 5.11 Å². The van der Waals surface area contributed by atoms with Crippen LogP contribution in [0.2, 0.25) is 0 Å². The van der Waals surface area contributed by atoms with E-state index in [1.807, 2.05) is 25.1 Å². The van der Waals surface area contributed by atoms with Gasteiger partial charge >= 0.3 is 0 Å². The predicted octanol–water partition coefficient (Wildman–Crippen LogP) is 4.02. The second-order valence-electron chi connectivity index (χ2n) is 6.09. The second-order valence-corrected chi connectivity index (χ2v) is 6.09.